The molecular weight excluding hydrogens is 302 g/mol. The maximum absolute atomic E-state index is 12.6. The van der Waals surface area contributed by atoms with Gasteiger partial charge >= 0.3 is 6.01 Å². The SMILES string of the molecule is Cc1ccc(-c2c[nH]cc2C(=O)Nc2nc3ccccc3o2)cc1. The highest BCUT2D eigenvalue weighted by Crippen LogP contribution is 2.25. The van der Waals surface area contributed by atoms with E-state index in [9.17, 15) is 4.79 Å². The van der Waals surface area contributed by atoms with Crippen molar-refractivity contribution < 1.29 is 9.21 Å². The number of hydrogen-bond acceptors (Lipinski definition) is 3. The number of H-pyrrole nitrogens is 1. The van der Waals surface area contributed by atoms with Gasteiger partial charge in [0, 0.05) is 18.0 Å². The molecule has 0 radical (unpaired) electrons. The zero-order valence-electron chi connectivity index (χ0n) is 13.0. The number of rotatable bonds is 3. The average molecular weight is 317 g/mol. The lowest BCUT2D eigenvalue weighted by Gasteiger charge is -2.04. The molecule has 0 unspecified atom stereocenters. The summed E-state index contributed by atoms with van der Waals surface area (Å²) in [6.45, 7) is 2.03. The van der Waals surface area contributed by atoms with Crippen LogP contribution in [0.2, 0.25) is 0 Å². The molecule has 0 saturated carbocycles. The van der Waals surface area contributed by atoms with Gasteiger partial charge in [0.05, 0.1) is 5.56 Å². The van der Waals surface area contributed by atoms with Crippen molar-refractivity contribution in [3.8, 4) is 11.1 Å². The van der Waals surface area contributed by atoms with Crippen LogP contribution >= 0.6 is 0 Å². The first kappa shape index (κ1) is 14.3. The summed E-state index contributed by atoms with van der Waals surface area (Å²) in [6, 6.07) is 15.6. The molecule has 5 heteroatoms. The summed E-state index contributed by atoms with van der Waals surface area (Å²) in [5, 5.41) is 2.72. The van der Waals surface area contributed by atoms with Crippen LogP contribution in [0.1, 0.15) is 15.9 Å². The molecule has 4 aromatic rings. The number of para-hydroxylation sites is 2. The van der Waals surface area contributed by atoms with E-state index in [1.54, 1.807) is 6.20 Å². The standard InChI is InChI=1S/C19H15N3O2/c1-12-6-8-13(9-7-12)14-10-20-11-15(14)18(23)22-19-21-16-4-2-3-5-17(16)24-19/h2-11,20H,1H3,(H,21,22,23). The van der Waals surface area contributed by atoms with E-state index in [4.69, 9.17) is 4.42 Å². The first-order valence-corrected chi connectivity index (χ1v) is 7.61. The molecule has 0 aliphatic carbocycles. The Hall–Kier alpha value is -3.34. The smallest absolute Gasteiger partial charge is 0.302 e. The maximum Gasteiger partial charge on any atom is 0.302 e. The zero-order chi connectivity index (χ0) is 16.5. The van der Waals surface area contributed by atoms with Gasteiger partial charge in [0.2, 0.25) is 0 Å². The first-order valence-electron chi connectivity index (χ1n) is 7.61. The summed E-state index contributed by atoms with van der Waals surface area (Å²) in [7, 11) is 0. The van der Waals surface area contributed by atoms with E-state index < -0.39 is 0 Å². The van der Waals surface area contributed by atoms with E-state index in [0.29, 0.717) is 16.7 Å². The molecule has 24 heavy (non-hydrogen) atoms. The normalized spacial score (nSPS) is 10.9. The fourth-order valence-electron chi connectivity index (χ4n) is 2.61. The molecule has 0 spiro atoms. The van der Waals surface area contributed by atoms with E-state index in [1.807, 2.05) is 61.7 Å². The van der Waals surface area contributed by atoms with Crippen molar-refractivity contribution in [2.45, 2.75) is 6.92 Å². The van der Waals surface area contributed by atoms with Crippen LogP contribution < -0.4 is 5.32 Å². The van der Waals surface area contributed by atoms with Crippen molar-refractivity contribution in [2.24, 2.45) is 0 Å². The number of nitrogens with zero attached hydrogens (tertiary/aromatic N) is 1. The molecule has 2 heterocycles. The van der Waals surface area contributed by atoms with Crippen LogP contribution in [0, 0.1) is 6.92 Å². The Morgan fingerprint density at radius 1 is 1.08 bits per heavy atom. The second kappa shape index (κ2) is 5.70. The van der Waals surface area contributed by atoms with Gasteiger partial charge in [0.25, 0.3) is 5.91 Å². The summed E-state index contributed by atoms with van der Waals surface area (Å²) in [6.07, 6.45) is 3.48. The third-order valence-electron chi connectivity index (χ3n) is 3.87. The van der Waals surface area contributed by atoms with Crippen molar-refractivity contribution >= 4 is 23.0 Å². The minimum absolute atomic E-state index is 0.192. The zero-order valence-corrected chi connectivity index (χ0v) is 13.0. The fraction of sp³-hybridized carbons (Fsp3) is 0.0526. The fourth-order valence-corrected chi connectivity index (χ4v) is 2.61. The van der Waals surface area contributed by atoms with Crippen LogP contribution in [0.3, 0.4) is 0 Å². The van der Waals surface area contributed by atoms with Gasteiger partial charge in [0.1, 0.15) is 5.52 Å². The number of oxazole rings is 1. The van der Waals surface area contributed by atoms with Gasteiger partial charge in [-0.2, -0.15) is 4.98 Å². The Labute approximate surface area is 138 Å². The largest absolute Gasteiger partial charge is 0.423 e. The number of benzene rings is 2. The molecule has 5 nitrogen and oxygen atoms in total. The highest BCUT2D eigenvalue weighted by atomic mass is 16.4. The van der Waals surface area contributed by atoms with Gasteiger partial charge in [-0.05, 0) is 24.6 Å². The molecule has 2 aromatic heterocycles. The monoisotopic (exact) mass is 317 g/mol. The third-order valence-corrected chi connectivity index (χ3v) is 3.87. The summed E-state index contributed by atoms with van der Waals surface area (Å²) in [5.41, 5.74) is 4.88. The lowest BCUT2D eigenvalue weighted by atomic mass is 10.0. The van der Waals surface area contributed by atoms with E-state index >= 15 is 0 Å². The van der Waals surface area contributed by atoms with E-state index in [0.717, 1.165) is 11.1 Å². The number of nitrogens with one attached hydrogen (secondary N) is 2. The van der Waals surface area contributed by atoms with Crippen molar-refractivity contribution in [1.29, 1.82) is 0 Å². The second-order valence-corrected chi connectivity index (χ2v) is 5.59. The molecule has 118 valence electrons. The molecule has 0 aliphatic heterocycles. The van der Waals surface area contributed by atoms with Crippen LogP contribution in [0.4, 0.5) is 6.01 Å². The quantitative estimate of drug-likeness (QED) is 0.589. The highest BCUT2D eigenvalue weighted by molar-refractivity contribution is 6.08. The molecule has 0 atom stereocenters. The molecule has 2 aromatic carbocycles. The van der Waals surface area contributed by atoms with Crippen LogP contribution in [-0.2, 0) is 0 Å². The maximum atomic E-state index is 12.6. The number of hydrogen-bond donors (Lipinski definition) is 2. The van der Waals surface area contributed by atoms with E-state index in [1.165, 1.54) is 5.56 Å². The van der Waals surface area contributed by atoms with Gasteiger partial charge in [0.15, 0.2) is 5.58 Å². The van der Waals surface area contributed by atoms with Crippen molar-refractivity contribution in [1.82, 2.24) is 9.97 Å². The highest BCUT2D eigenvalue weighted by Gasteiger charge is 2.16. The second-order valence-electron chi connectivity index (χ2n) is 5.59. The number of fused-ring (bicyclic) bond motifs is 1. The predicted octanol–water partition coefficient (Wildman–Crippen LogP) is 4.38. The van der Waals surface area contributed by atoms with Gasteiger partial charge in [-0.15, -0.1) is 0 Å². The minimum atomic E-state index is -0.265. The Kier molecular flexibility index (Phi) is 3.39. The predicted molar refractivity (Wildman–Crippen MR) is 92.9 cm³/mol. The number of carbonyl (C=O) groups is 1. The van der Waals surface area contributed by atoms with Gasteiger partial charge < -0.3 is 9.40 Å². The average Bonchev–Trinajstić information content (AvgIpc) is 3.21. The Balaban J connectivity index is 1.63. The Morgan fingerprint density at radius 3 is 2.67 bits per heavy atom. The summed E-state index contributed by atoms with van der Waals surface area (Å²) in [4.78, 5) is 19.8. The summed E-state index contributed by atoms with van der Waals surface area (Å²) in [5.74, 6) is -0.265. The Bertz CT molecular complexity index is 979. The number of anilines is 1. The van der Waals surface area contributed by atoms with Crippen molar-refractivity contribution in [3.63, 3.8) is 0 Å². The number of aromatic nitrogens is 2. The van der Waals surface area contributed by atoms with Gasteiger partial charge in [-0.1, -0.05) is 42.0 Å². The van der Waals surface area contributed by atoms with E-state index in [-0.39, 0.29) is 11.9 Å². The number of aromatic amines is 1. The molecular formula is C19H15N3O2. The lowest BCUT2D eigenvalue weighted by Crippen LogP contribution is -2.12. The van der Waals surface area contributed by atoms with Gasteiger partial charge in [-0.25, -0.2) is 0 Å². The van der Waals surface area contributed by atoms with Crippen molar-refractivity contribution in [2.75, 3.05) is 5.32 Å². The molecule has 2 N–H and O–H groups in total. The molecule has 1 amide bonds. The summed E-state index contributed by atoms with van der Waals surface area (Å²) >= 11 is 0. The molecule has 0 aliphatic rings. The summed E-state index contributed by atoms with van der Waals surface area (Å²) < 4.78 is 5.54. The van der Waals surface area contributed by atoms with Crippen LogP contribution in [0.25, 0.3) is 22.2 Å². The minimum Gasteiger partial charge on any atom is -0.423 e. The topological polar surface area (TPSA) is 70.9 Å². The molecule has 0 bridgehead atoms. The molecule has 4 rings (SSSR count). The van der Waals surface area contributed by atoms with E-state index in [2.05, 4.69) is 15.3 Å². The molecule has 0 saturated heterocycles. The van der Waals surface area contributed by atoms with Crippen LogP contribution in [-0.4, -0.2) is 15.9 Å². The molecule has 0 fully saturated rings. The van der Waals surface area contributed by atoms with Crippen LogP contribution in [0.5, 0.6) is 0 Å². The number of amides is 1. The van der Waals surface area contributed by atoms with Crippen molar-refractivity contribution in [3.05, 3.63) is 72.1 Å². The van der Waals surface area contributed by atoms with Gasteiger partial charge in [-0.3, -0.25) is 10.1 Å². The van der Waals surface area contributed by atoms with Crippen LogP contribution in [0.15, 0.2) is 65.3 Å². The number of carbonyl (C=O) groups excluding carboxylic acids is 1. The number of aryl methyl sites for hydroxylation is 1. The Morgan fingerprint density at radius 2 is 1.88 bits per heavy atom. The lowest BCUT2D eigenvalue weighted by molar-refractivity contribution is 0.102. The third kappa shape index (κ3) is 2.56. The first-order chi connectivity index (χ1) is 11.7.